The van der Waals surface area contributed by atoms with E-state index in [1.54, 1.807) is 50.2 Å². The number of carbonyl (C=O) groups excluding carboxylic acids is 2. The van der Waals surface area contributed by atoms with Crippen LogP contribution in [0.2, 0.25) is 0 Å². The second-order valence-electron chi connectivity index (χ2n) is 7.41. The van der Waals surface area contributed by atoms with E-state index in [9.17, 15) is 18.0 Å². The number of hydrogen-bond donors (Lipinski definition) is 1. The van der Waals surface area contributed by atoms with Gasteiger partial charge in [-0.1, -0.05) is 18.2 Å². The summed E-state index contributed by atoms with van der Waals surface area (Å²) in [7, 11) is -1.77. The average Bonchev–Trinajstić information content (AvgIpc) is 2.74. The molecule has 0 atom stereocenters. The Hall–Kier alpha value is -2.75. The number of amides is 1. The number of likely N-dealkylation sites (N-methyl/N-ethyl adjacent to an activating group) is 1. The Morgan fingerprint density at radius 1 is 1.06 bits per heavy atom. The molecule has 1 aliphatic heterocycles. The molecule has 0 spiro atoms. The molecule has 0 radical (unpaired) electrons. The van der Waals surface area contributed by atoms with Crippen LogP contribution in [0.5, 0.6) is 0 Å². The predicted molar refractivity (Wildman–Crippen MR) is 118 cm³/mol. The third-order valence-electron chi connectivity index (χ3n) is 5.20. The third-order valence-corrected chi connectivity index (χ3v) is 7.24. The van der Waals surface area contributed by atoms with Gasteiger partial charge in [0.2, 0.25) is 10.0 Å². The number of piperazine rings is 1. The van der Waals surface area contributed by atoms with Gasteiger partial charge in [-0.3, -0.25) is 4.79 Å². The van der Waals surface area contributed by atoms with Crippen molar-refractivity contribution in [3.8, 4) is 0 Å². The van der Waals surface area contributed by atoms with Gasteiger partial charge >= 0.3 is 5.97 Å². The molecular weight excluding hydrogens is 418 g/mol. The van der Waals surface area contributed by atoms with Crippen LogP contribution in [0.15, 0.2) is 47.4 Å². The summed E-state index contributed by atoms with van der Waals surface area (Å²) in [5.41, 5.74) is 1.30. The molecule has 1 N–H and O–H groups in total. The Bertz CT molecular complexity index is 1080. The maximum Gasteiger partial charge on any atom is 0.340 e. The van der Waals surface area contributed by atoms with Crippen molar-refractivity contribution in [3.05, 3.63) is 59.2 Å². The first kappa shape index (κ1) is 22.9. The standard InChI is InChI=1S/C22H27N3O5S/c1-4-30-22(27)18-7-5-6-8-19(18)23-21(26)17-10-9-16(2)20(15-17)31(28,29)25-13-11-24(3)12-14-25/h5-10,15H,4,11-14H2,1-3H3,(H,23,26). The predicted octanol–water partition coefficient (Wildman–Crippen LogP) is 2.36. The summed E-state index contributed by atoms with van der Waals surface area (Å²) in [6.07, 6.45) is 0. The van der Waals surface area contributed by atoms with E-state index >= 15 is 0 Å². The monoisotopic (exact) mass is 445 g/mol. The number of sulfonamides is 1. The van der Waals surface area contributed by atoms with Gasteiger partial charge in [-0.15, -0.1) is 0 Å². The quantitative estimate of drug-likeness (QED) is 0.686. The van der Waals surface area contributed by atoms with E-state index in [-0.39, 0.29) is 22.6 Å². The van der Waals surface area contributed by atoms with Crippen molar-refractivity contribution < 1.29 is 22.7 Å². The van der Waals surface area contributed by atoms with Crippen LogP contribution in [-0.2, 0) is 14.8 Å². The minimum Gasteiger partial charge on any atom is -0.462 e. The molecule has 2 aromatic rings. The summed E-state index contributed by atoms with van der Waals surface area (Å²) in [5, 5.41) is 2.69. The average molecular weight is 446 g/mol. The first-order valence-electron chi connectivity index (χ1n) is 10.1. The third kappa shape index (κ3) is 5.12. The van der Waals surface area contributed by atoms with Gasteiger partial charge in [-0.05, 0) is 50.7 Å². The highest BCUT2D eigenvalue weighted by Crippen LogP contribution is 2.24. The van der Waals surface area contributed by atoms with E-state index in [1.807, 2.05) is 7.05 Å². The van der Waals surface area contributed by atoms with Crippen LogP contribution in [-0.4, -0.2) is 69.3 Å². The molecule has 1 fully saturated rings. The van der Waals surface area contributed by atoms with Crippen molar-refractivity contribution in [1.82, 2.24) is 9.21 Å². The topological polar surface area (TPSA) is 96.0 Å². The summed E-state index contributed by atoms with van der Waals surface area (Å²) in [6.45, 7) is 5.75. The molecule has 3 rings (SSSR count). The van der Waals surface area contributed by atoms with Gasteiger partial charge in [-0.25, -0.2) is 13.2 Å². The molecule has 31 heavy (non-hydrogen) atoms. The van der Waals surface area contributed by atoms with Crippen LogP contribution in [0.3, 0.4) is 0 Å². The highest BCUT2D eigenvalue weighted by Gasteiger charge is 2.29. The number of para-hydroxylation sites is 1. The van der Waals surface area contributed by atoms with Crippen molar-refractivity contribution in [3.63, 3.8) is 0 Å². The fourth-order valence-electron chi connectivity index (χ4n) is 3.36. The number of carbonyl (C=O) groups is 2. The molecule has 2 aromatic carbocycles. The molecular formula is C22H27N3O5S. The maximum atomic E-state index is 13.2. The number of nitrogens with one attached hydrogen (secondary N) is 1. The highest BCUT2D eigenvalue weighted by atomic mass is 32.2. The van der Waals surface area contributed by atoms with Crippen LogP contribution < -0.4 is 5.32 Å². The fourth-order valence-corrected chi connectivity index (χ4v) is 5.03. The Kier molecular flexibility index (Phi) is 7.09. The van der Waals surface area contributed by atoms with E-state index in [2.05, 4.69) is 10.2 Å². The second-order valence-corrected chi connectivity index (χ2v) is 9.31. The molecule has 0 saturated carbocycles. The number of anilines is 1. The number of hydrogen-bond acceptors (Lipinski definition) is 6. The molecule has 8 nitrogen and oxygen atoms in total. The molecule has 1 amide bonds. The number of ether oxygens (including phenoxy) is 1. The zero-order valence-corrected chi connectivity index (χ0v) is 18.7. The zero-order valence-electron chi connectivity index (χ0n) is 17.9. The van der Waals surface area contributed by atoms with Gasteiger partial charge in [0.1, 0.15) is 0 Å². The lowest BCUT2D eigenvalue weighted by Crippen LogP contribution is -2.47. The van der Waals surface area contributed by atoms with Crippen LogP contribution in [0.25, 0.3) is 0 Å². The van der Waals surface area contributed by atoms with E-state index in [0.29, 0.717) is 37.4 Å². The normalized spacial score (nSPS) is 15.5. The Balaban J connectivity index is 1.87. The van der Waals surface area contributed by atoms with Crippen LogP contribution in [0.1, 0.15) is 33.2 Å². The summed E-state index contributed by atoms with van der Waals surface area (Å²) < 4.78 is 32.8. The lowest BCUT2D eigenvalue weighted by atomic mass is 10.1. The van der Waals surface area contributed by atoms with Crippen LogP contribution >= 0.6 is 0 Å². The van der Waals surface area contributed by atoms with Crippen molar-refractivity contribution in [2.24, 2.45) is 0 Å². The molecule has 0 aliphatic carbocycles. The van der Waals surface area contributed by atoms with Crippen molar-refractivity contribution in [2.75, 3.05) is 45.2 Å². The van der Waals surface area contributed by atoms with Crippen LogP contribution in [0.4, 0.5) is 5.69 Å². The number of nitrogens with zero attached hydrogens (tertiary/aromatic N) is 2. The Labute approximate surface area is 182 Å². The lowest BCUT2D eigenvalue weighted by Gasteiger charge is -2.32. The smallest absolute Gasteiger partial charge is 0.340 e. The van der Waals surface area contributed by atoms with E-state index in [4.69, 9.17) is 4.74 Å². The minimum absolute atomic E-state index is 0.114. The molecule has 0 aromatic heterocycles. The summed E-state index contributed by atoms with van der Waals surface area (Å²) in [5.74, 6) is -1.05. The summed E-state index contributed by atoms with van der Waals surface area (Å²) in [6, 6.07) is 11.1. The summed E-state index contributed by atoms with van der Waals surface area (Å²) in [4.78, 5) is 27.2. The van der Waals surface area contributed by atoms with Crippen molar-refractivity contribution in [2.45, 2.75) is 18.7 Å². The first-order chi connectivity index (χ1) is 14.7. The summed E-state index contributed by atoms with van der Waals surface area (Å²) >= 11 is 0. The maximum absolute atomic E-state index is 13.2. The first-order valence-corrected chi connectivity index (χ1v) is 11.5. The van der Waals surface area contributed by atoms with Gasteiger partial charge in [0, 0.05) is 31.7 Å². The van der Waals surface area contributed by atoms with Gasteiger partial charge in [0.25, 0.3) is 5.91 Å². The SMILES string of the molecule is CCOC(=O)c1ccccc1NC(=O)c1ccc(C)c(S(=O)(=O)N2CCN(C)CC2)c1. The van der Waals surface area contributed by atoms with Gasteiger partial charge in [-0.2, -0.15) is 4.31 Å². The lowest BCUT2D eigenvalue weighted by molar-refractivity contribution is 0.0527. The largest absolute Gasteiger partial charge is 0.462 e. The molecule has 166 valence electrons. The van der Waals surface area contributed by atoms with E-state index in [0.717, 1.165) is 0 Å². The molecule has 1 heterocycles. The minimum atomic E-state index is -3.72. The van der Waals surface area contributed by atoms with Gasteiger partial charge in [0.15, 0.2) is 0 Å². The number of benzene rings is 2. The zero-order chi connectivity index (χ0) is 22.6. The van der Waals surface area contributed by atoms with E-state index < -0.39 is 21.9 Å². The number of aryl methyl sites for hydroxylation is 1. The fraction of sp³-hybridized carbons (Fsp3) is 0.364. The van der Waals surface area contributed by atoms with Gasteiger partial charge < -0.3 is 15.0 Å². The molecule has 9 heteroatoms. The Morgan fingerprint density at radius 2 is 1.74 bits per heavy atom. The molecule has 1 aliphatic rings. The van der Waals surface area contributed by atoms with Crippen molar-refractivity contribution in [1.29, 1.82) is 0 Å². The van der Waals surface area contributed by atoms with Crippen molar-refractivity contribution >= 4 is 27.6 Å². The van der Waals surface area contributed by atoms with Crippen LogP contribution in [0, 0.1) is 6.92 Å². The van der Waals surface area contributed by atoms with Gasteiger partial charge in [0.05, 0.1) is 22.8 Å². The second kappa shape index (κ2) is 9.59. The highest BCUT2D eigenvalue weighted by molar-refractivity contribution is 7.89. The molecule has 0 unspecified atom stereocenters. The number of rotatable bonds is 6. The van der Waals surface area contributed by atoms with E-state index in [1.165, 1.54) is 10.4 Å². The molecule has 1 saturated heterocycles. The Morgan fingerprint density at radius 3 is 2.42 bits per heavy atom. The molecule has 0 bridgehead atoms. The number of esters is 1.